The van der Waals surface area contributed by atoms with Gasteiger partial charge in [0.15, 0.2) is 0 Å². The molecule has 3 heterocycles. The van der Waals surface area contributed by atoms with E-state index in [0.717, 1.165) is 12.8 Å². The van der Waals surface area contributed by atoms with E-state index in [4.69, 9.17) is 4.74 Å². The zero-order chi connectivity index (χ0) is 22.1. The quantitative estimate of drug-likeness (QED) is 0.488. The highest BCUT2D eigenvalue weighted by Crippen LogP contribution is 2.64. The van der Waals surface area contributed by atoms with Crippen LogP contribution in [0.25, 0.3) is 0 Å². The second kappa shape index (κ2) is 8.67. The number of aliphatic hydroxyl groups is 1. The van der Waals surface area contributed by atoms with E-state index in [1.165, 1.54) is 4.90 Å². The van der Waals surface area contributed by atoms with Gasteiger partial charge in [-0.2, -0.15) is 0 Å². The van der Waals surface area contributed by atoms with Gasteiger partial charge in [0, 0.05) is 26.2 Å². The lowest BCUT2D eigenvalue weighted by Crippen LogP contribution is -2.56. The first-order valence-corrected chi connectivity index (χ1v) is 11.1. The van der Waals surface area contributed by atoms with E-state index in [2.05, 4.69) is 6.58 Å². The Hall–Kier alpha value is -1.93. The molecule has 2 N–H and O–H groups in total. The number of nitrogens with zero attached hydrogens (tertiary/aromatic N) is 2. The summed E-state index contributed by atoms with van der Waals surface area (Å²) in [6.07, 6.45) is 5.23. The van der Waals surface area contributed by atoms with E-state index in [0.29, 0.717) is 38.8 Å². The number of aliphatic hydroxyl groups excluding tert-OH is 1. The molecule has 3 aliphatic rings. The van der Waals surface area contributed by atoms with E-state index in [-0.39, 0.29) is 25.0 Å². The number of hydrogen-bond acceptors (Lipinski definition) is 5. The van der Waals surface area contributed by atoms with Gasteiger partial charge >= 0.3 is 5.97 Å². The first-order valence-electron chi connectivity index (χ1n) is 11.1. The molecule has 0 radical (unpaired) electrons. The highest BCUT2D eigenvalue weighted by atomic mass is 16.5. The maximum absolute atomic E-state index is 13.7. The molecule has 8 heteroatoms. The Morgan fingerprint density at radius 2 is 2.07 bits per heavy atom. The summed E-state index contributed by atoms with van der Waals surface area (Å²) in [6, 6.07) is -0.865. The number of likely N-dealkylation sites (tertiary alicyclic amines) is 1. The number of carboxylic acids is 1. The van der Waals surface area contributed by atoms with Crippen molar-refractivity contribution in [1.82, 2.24) is 9.80 Å². The van der Waals surface area contributed by atoms with Gasteiger partial charge in [0.1, 0.15) is 17.6 Å². The Morgan fingerprint density at radius 1 is 1.33 bits per heavy atom. The molecule has 1 spiro atoms. The Kier molecular flexibility index (Phi) is 6.57. The second-order valence-electron chi connectivity index (χ2n) is 8.71. The third kappa shape index (κ3) is 3.24. The average Bonchev–Trinajstić information content (AvgIpc) is 3.32. The molecular weight excluding hydrogens is 388 g/mol. The second-order valence-corrected chi connectivity index (χ2v) is 8.71. The van der Waals surface area contributed by atoms with Crippen LogP contribution in [0.2, 0.25) is 0 Å². The van der Waals surface area contributed by atoms with E-state index in [1.807, 2.05) is 13.8 Å². The number of aliphatic carboxylic acids is 1. The maximum Gasteiger partial charge on any atom is 0.310 e. The molecular formula is C22H34N2O6. The summed E-state index contributed by atoms with van der Waals surface area (Å²) < 4.78 is 6.46. The van der Waals surface area contributed by atoms with Crippen molar-refractivity contribution < 1.29 is 29.3 Å². The largest absolute Gasteiger partial charge is 0.481 e. The summed E-state index contributed by atoms with van der Waals surface area (Å²) in [5.74, 6) is -3.41. The molecule has 30 heavy (non-hydrogen) atoms. The Bertz CT molecular complexity index is 712. The molecule has 5 atom stereocenters. The van der Waals surface area contributed by atoms with Crippen LogP contribution in [-0.2, 0) is 19.1 Å². The van der Waals surface area contributed by atoms with Gasteiger partial charge in [-0.3, -0.25) is 14.4 Å². The highest BCUT2D eigenvalue weighted by Gasteiger charge is 2.78. The summed E-state index contributed by atoms with van der Waals surface area (Å²) in [5, 5.41) is 19.3. The maximum atomic E-state index is 13.7. The predicted molar refractivity (Wildman–Crippen MR) is 110 cm³/mol. The van der Waals surface area contributed by atoms with Gasteiger partial charge in [-0.25, -0.2) is 0 Å². The summed E-state index contributed by atoms with van der Waals surface area (Å²) in [6.45, 7) is 8.67. The van der Waals surface area contributed by atoms with Crippen LogP contribution in [0.1, 0.15) is 52.4 Å². The lowest BCUT2D eigenvalue weighted by atomic mass is 9.65. The number of carbonyl (C=O) groups is 3. The molecule has 2 amide bonds. The topological polar surface area (TPSA) is 107 Å². The molecule has 168 valence electrons. The number of amides is 2. The highest BCUT2D eigenvalue weighted by molar-refractivity contribution is 5.98. The molecule has 0 aliphatic carbocycles. The fraction of sp³-hybridized carbons (Fsp3) is 0.773. The molecule has 8 nitrogen and oxygen atoms in total. The molecule has 3 rings (SSSR count). The molecule has 0 saturated carbocycles. The number of hydrogen-bond donors (Lipinski definition) is 2. The Morgan fingerprint density at radius 3 is 2.63 bits per heavy atom. The minimum Gasteiger partial charge on any atom is -0.481 e. The first kappa shape index (κ1) is 22.7. The van der Waals surface area contributed by atoms with Crippen molar-refractivity contribution in [2.45, 2.75) is 69.6 Å². The Labute approximate surface area is 177 Å². The van der Waals surface area contributed by atoms with Crippen LogP contribution in [0.15, 0.2) is 12.7 Å². The van der Waals surface area contributed by atoms with E-state index < -0.39 is 35.0 Å². The lowest BCUT2D eigenvalue weighted by Gasteiger charge is -2.37. The van der Waals surface area contributed by atoms with Crippen molar-refractivity contribution in [2.75, 3.05) is 26.2 Å². The number of ether oxygens (including phenoxy) is 1. The summed E-state index contributed by atoms with van der Waals surface area (Å²) in [5.41, 5.74) is -2.02. The van der Waals surface area contributed by atoms with Crippen LogP contribution in [-0.4, -0.2) is 81.3 Å². The fourth-order valence-electron chi connectivity index (χ4n) is 5.82. The van der Waals surface area contributed by atoms with Crippen LogP contribution < -0.4 is 0 Å². The predicted octanol–water partition coefficient (Wildman–Crippen LogP) is 1.42. The van der Waals surface area contributed by atoms with Crippen LogP contribution in [0.3, 0.4) is 0 Å². The number of fused-ring (bicyclic) bond motifs is 1. The Balaban J connectivity index is 2.04. The van der Waals surface area contributed by atoms with E-state index in [1.54, 1.807) is 11.0 Å². The molecule has 3 aliphatic heterocycles. The van der Waals surface area contributed by atoms with E-state index in [9.17, 15) is 24.6 Å². The molecule has 0 aromatic heterocycles. The minimum atomic E-state index is -1.12. The molecule has 0 aromatic carbocycles. The van der Waals surface area contributed by atoms with Crippen molar-refractivity contribution in [1.29, 1.82) is 0 Å². The van der Waals surface area contributed by atoms with E-state index >= 15 is 0 Å². The standard InChI is InChI=1S/C22H34N2O6/c1-4-7-12-23(11-5-2)19(27)17-22-10-9-21(6-3,30-22)16(20(28)29)15(22)18(26)24(17)13-8-14-25/h5,15-17,25H,2,4,6-14H2,1,3H3,(H,28,29)/t15-,16+,17?,21-,22?/m0/s1. The van der Waals surface area contributed by atoms with Crippen molar-refractivity contribution in [3.8, 4) is 0 Å². The van der Waals surface area contributed by atoms with Gasteiger partial charge in [0.05, 0.1) is 11.5 Å². The lowest BCUT2D eigenvalue weighted by molar-refractivity contribution is -0.157. The zero-order valence-corrected chi connectivity index (χ0v) is 18.0. The first-order chi connectivity index (χ1) is 14.3. The van der Waals surface area contributed by atoms with Gasteiger partial charge < -0.3 is 24.7 Å². The minimum absolute atomic E-state index is 0.114. The van der Waals surface area contributed by atoms with Crippen LogP contribution in [0.4, 0.5) is 0 Å². The van der Waals surface area contributed by atoms with Gasteiger partial charge in [0.25, 0.3) is 0 Å². The summed E-state index contributed by atoms with van der Waals surface area (Å²) in [7, 11) is 0. The van der Waals surface area contributed by atoms with Crippen molar-refractivity contribution in [3.05, 3.63) is 12.7 Å². The van der Waals surface area contributed by atoms with Crippen molar-refractivity contribution >= 4 is 17.8 Å². The monoisotopic (exact) mass is 422 g/mol. The molecule has 3 fully saturated rings. The number of rotatable bonds is 11. The van der Waals surface area contributed by atoms with Gasteiger partial charge in [0.2, 0.25) is 11.8 Å². The molecule has 2 bridgehead atoms. The number of carbonyl (C=O) groups excluding carboxylic acids is 2. The molecule has 0 aromatic rings. The molecule has 2 unspecified atom stereocenters. The molecule has 3 saturated heterocycles. The average molecular weight is 423 g/mol. The summed E-state index contributed by atoms with van der Waals surface area (Å²) >= 11 is 0. The third-order valence-electron chi connectivity index (χ3n) is 7.18. The summed E-state index contributed by atoms with van der Waals surface area (Å²) in [4.78, 5) is 42.6. The van der Waals surface area contributed by atoms with Gasteiger partial charge in [-0.05, 0) is 32.1 Å². The number of unbranched alkanes of at least 4 members (excludes halogenated alkanes) is 1. The normalized spacial score (nSPS) is 34.3. The smallest absolute Gasteiger partial charge is 0.310 e. The van der Waals surface area contributed by atoms with Crippen LogP contribution in [0, 0.1) is 11.8 Å². The zero-order valence-electron chi connectivity index (χ0n) is 18.0. The van der Waals surface area contributed by atoms with Crippen LogP contribution in [0.5, 0.6) is 0 Å². The SMILES string of the molecule is C=CCN(CCCC)C(=O)C1N(CCCO)C(=O)[C@@H]2[C@H](C(=O)O)[C@]3(CC)CCC12O3. The fourth-order valence-corrected chi connectivity index (χ4v) is 5.82. The van der Waals surface area contributed by atoms with Gasteiger partial charge in [-0.1, -0.05) is 26.3 Å². The number of carboxylic acid groups (broad SMARTS) is 1. The van der Waals surface area contributed by atoms with Crippen LogP contribution >= 0.6 is 0 Å². The van der Waals surface area contributed by atoms with Crippen molar-refractivity contribution in [3.63, 3.8) is 0 Å². The van der Waals surface area contributed by atoms with Crippen molar-refractivity contribution in [2.24, 2.45) is 11.8 Å². The van der Waals surface area contributed by atoms with Gasteiger partial charge in [-0.15, -0.1) is 6.58 Å². The third-order valence-corrected chi connectivity index (χ3v) is 7.18.